The van der Waals surface area contributed by atoms with Crippen LogP contribution < -0.4 is 0 Å². The third-order valence-corrected chi connectivity index (χ3v) is 4.40. The van der Waals surface area contributed by atoms with Crippen molar-refractivity contribution >= 4 is 5.57 Å². The largest absolute Gasteiger partial charge is 0.378 e. The average molecular weight is 282 g/mol. The van der Waals surface area contributed by atoms with Gasteiger partial charge in [-0.15, -0.1) is 6.42 Å². The maximum atomic E-state index is 9.93. The molecule has 1 aromatic carbocycles. The van der Waals surface area contributed by atoms with Crippen molar-refractivity contribution < 1.29 is 5.11 Å². The molecule has 2 atom stereocenters. The van der Waals surface area contributed by atoms with E-state index in [1.54, 1.807) is 6.92 Å². The lowest BCUT2D eigenvalue weighted by Gasteiger charge is -2.22. The predicted molar refractivity (Wildman–Crippen MR) is 89.8 cm³/mol. The topological polar surface area (TPSA) is 20.2 Å². The van der Waals surface area contributed by atoms with Crippen molar-refractivity contribution in [1.29, 1.82) is 0 Å². The van der Waals surface area contributed by atoms with Gasteiger partial charge in [-0.05, 0) is 48.8 Å². The fourth-order valence-corrected chi connectivity index (χ4v) is 3.11. The van der Waals surface area contributed by atoms with Crippen LogP contribution in [0.5, 0.6) is 0 Å². The normalized spacial score (nSPS) is 21.2. The van der Waals surface area contributed by atoms with Crippen molar-refractivity contribution in [3.05, 3.63) is 41.5 Å². The Morgan fingerprint density at radius 2 is 2.05 bits per heavy atom. The molecule has 1 aliphatic rings. The van der Waals surface area contributed by atoms with Crippen molar-refractivity contribution in [2.75, 3.05) is 0 Å². The Labute approximate surface area is 129 Å². The number of hydrogen-bond acceptors (Lipinski definition) is 1. The molecule has 1 aliphatic carbocycles. The molecule has 0 aromatic heterocycles. The van der Waals surface area contributed by atoms with E-state index in [0.29, 0.717) is 6.42 Å². The Balaban J connectivity index is 2.02. The molecule has 0 fully saturated rings. The molecule has 1 heteroatoms. The highest BCUT2D eigenvalue weighted by molar-refractivity contribution is 5.66. The molecule has 1 nitrogen and oxygen atoms in total. The first-order valence-electron chi connectivity index (χ1n) is 8.02. The summed E-state index contributed by atoms with van der Waals surface area (Å²) in [5, 5.41) is 9.93. The average Bonchev–Trinajstić information content (AvgIpc) is 2.49. The Morgan fingerprint density at radius 3 is 2.57 bits per heavy atom. The van der Waals surface area contributed by atoms with Crippen LogP contribution in [-0.2, 0) is 6.42 Å². The molecule has 0 amide bonds. The van der Waals surface area contributed by atoms with E-state index in [-0.39, 0.29) is 0 Å². The molecule has 0 radical (unpaired) electrons. The van der Waals surface area contributed by atoms with Gasteiger partial charge < -0.3 is 5.11 Å². The second-order valence-corrected chi connectivity index (χ2v) is 6.45. The van der Waals surface area contributed by atoms with Crippen molar-refractivity contribution in [3.8, 4) is 12.3 Å². The minimum atomic E-state index is -1.06. The molecule has 2 unspecified atom stereocenters. The highest BCUT2D eigenvalue weighted by atomic mass is 16.3. The van der Waals surface area contributed by atoms with E-state index < -0.39 is 5.60 Å². The van der Waals surface area contributed by atoms with Gasteiger partial charge in [0.25, 0.3) is 0 Å². The number of rotatable bonds is 5. The van der Waals surface area contributed by atoms with Gasteiger partial charge in [0.2, 0.25) is 0 Å². The molecule has 112 valence electrons. The summed E-state index contributed by atoms with van der Waals surface area (Å²) in [7, 11) is 0. The third-order valence-electron chi connectivity index (χ3n) is 4.40. The van der Waals surface area contributed by atoms with Gasteiger partial charge >= 0.3 is 0 Å². The summed E-state index contributed by atoms with van der Waals surface area (Å²) in [5.74, 6) is 3.31. The number of aliphatic hydroxyl groups is 1. The van der Waals surface area contributed by atoms with E-state index in [0.717, 1.165) is 11.5 Å². The molecule has 0 heterocycles. The van der Waals surface area contributed by atoms with E-state index >= 15 is 0 Å². The molecule has 1 N–H and O–H groups in total. The Kier molecular flexibility index (Phi) is 5.26. The van der Waals surface area contributed by atoms with Crippen LogP contribution in [0.3, 0.4) is 0 Å². The van der Waals surface area contributed by atoms with Gasteiger partial charge in [-0.2, -0.15) is 0 Å². The van der Waals surface area contributed by atoms with Gasteiger partial charge in [0.1, 0.15) is 5.60 Å². The zero-order valence-corrected chi connectivity index (χ0v) is 13.2. The monoisotopic (exact) mass is 282 g/mol. The minimum absolute atomic E-state index is 0.501. The third kappa shape index (κ3) is 4.48. The molecule has 0 saturated heterocycles. The second kappa shape index (κ2) is 6.96. The maximum absolute atomic E-state index is 9.93. The maximum Gasteiger partial charge on any atom is 0.126 e. The van der Waals surface area contributed by atoms with Crippen molar-refractivity contribution in [3.63, 3.8) is 0 Å². The van der Waals surface area contributed by atoms with Crippen LogP contribution in [0.25, 0.3) is 5.57 Å². The van der Waals surface area contributed by atoms with Crippen LogP contribution in [0.4, 0.5) is 0 Å². The Morgan fingerprint density at radius 1 is 1.33 bits per heavy atom. The Hall–Kier alpha value is -1.52. The van der Waals surface area contributed by atoms with Crippen LogP contribution in [0.2, 0.25) is 0 Å². The molecule has 0 bridgehead atoms. The van der Waals surface area contributed by atoms with Gasteiger partial charge in [-0.25, -0.2) is 0 Å². The van der Waals surface area contributed by atoms with Crippen LogP contribution in [-0.4, -0.2) is 10.7 Å². The lowest BCUT2D eigenvalue weighted by Crippen LogP contribution is -2.24. The number of allylic oxidation sites excluding steroid dienone is 2. The van der Waals surface area contributed by atoms with Crippen molar-refractivity contribution in [2.24, 2.45) is 5.92 Å². The molecule has 1 aromatic rings. The lowest BCUT2D eigenvalue weighted by atomic mass is 9.84. The van der Waals surface area contributed by atoms with E-state index in [9.17, 15) is 5.11 Å². The highest BCUT2D eigenvalue weighted by Gasteiger charge is 2.18. The molecule has 0 aliphatic heterocycles. The zero-order chi connectivity index (χ0) is 15.3. The first-order chi connectivity index (χ1) is 10.0. The van der Waals surface area contributed by atoms with Crippen molar-refractivity contribution in [2.45, 2.75) is 58.0 Å². The second-order valence-electron chi connectivity index (χ2n) is 6.45. The summed E-state index contributed by atoms with van der Waals surface area (Å²) < 4.78 is 0. The quantitative estimate of drug-likeness (QED) is 0.783. The molecular formula is C20H26O. The fourth-order valence-electron chi connectivity index (χ4n) is 3.11. The van der Waals surface area contributed by atoms with Crippen LogP contribution in [0.1, 0.15) is 57.1 Å². The van der Waals surface area contributed by atoms with Gasteiger partial charge in [0.15, 0.2) is 0 Å². The first-order valence-corrected chi connectivity index (χ1v) is 8.02. The van der Waals surface area contributed by atoms with Gasteiger partial charge in [0, 0.05) is 6.42 Å². The predicted octanol–water partition coefficient (Wildman–Crippen LogP) is 4.60. The number of terminal acetylenes is 1. The molecule has 0 saturated carbocycles. The van der Waals surface area contributed by atoms with Crippen LogP contribution in [0, 0.1) is 18.3 Å². The number of hydrogen-bond donors (Lipinski definition) is 1. The number of benzene rings is 1. The van der Waals surface area contributed by atoms with Gasteiger partial charge in [-0.3, -0.25) is 0 Å². The first kappa shape index (κ1) is 15.9. The Bertz CT molecular complexity index is 528. The van der Waals surface area contributed by atoms with E-state index in [2.05, 4.69) is 43.2 Å². The highest BCUT2D eigenvalue weighted by Crippen LogP contribution is 2.32. The minimum Gasteiger partial charge on any atom is -0.378 e. The van der Waals surface area contributed by atoms with Crippen molar-refractivity contribution in [1.82, 2.24) is 0 Å². The summed E-state index contributed by atoms with van der Waals surface area (Å²) in [6.45, 7) is 3.95. The fraction of sp³-hybridized carbons (Fsp3) is 0.500. The van der Waals surface area contributed by atoms with Gasteiger partial charge in [0.05, 0.1) is 0 Å². The molecule has 2 rings (SSSR count). The molecular weight excluding hydrogens is 256 g/mol. The summed E-state index contributed by atoms with van der Waals surface area (Å²) in [6.07, 6.45) is 14.6. The van der Waals surface area contributed by atoms with Crippen LogP contribution >= 0.6 is 0 Å². The molecule has 0 spiro atoms. The zero-order valence-electron chi connectivity index (χ0n) is 13.2. The van der Waals surface area contributed by atoms with Gasteiger partial charge in [-0.1, -0.05) is 56.0 Å². The van der Waals surface area contributed by atoms with E-state index in [1.165, 1.54) is 43.2 Å². The SMILES string of the molecule is C#CC(C)(O)Cc1ccc(C2=CCC(CCC)CC2)cc1. The van der Waals surface area contributed by atoms with Crippen LogP contribution in [0.15, 0.2) is 30.3 Å². The summed E-state index contributed by atoms with van der Waals surface area (Å²) in [6, 6.07) is 8.49. The van der Waals surface area contributed by atoms with E-state index in [4.69, 9.17) is 6.42 Å². The smallest absolute Gasteiger partial charge is 0.126 e. The van der Waals surface area contributed by atoms with E-state index in [1.807, 2.05) is 0 Å². The summed E-state index contributed by atoms with van der Waals surface area (Å²) in [5.41, 5.74) is 2.81. The lowest BCUT2D eigenvalue weighted by molar-refractivity contribution is 0.123. The summed E-state index contributed by atoms with van der Waals surface area (Å²) >= 11 is 0. The standard InChI is InChI=1S/C20H26O/c1-4-6-16-7-11-18(12-8-16)19-13-9-17(10-14-19)15-20(3,21)5-2/h2,9-11,13-14,16,21H,4,6-8,12,15H2,1,3H3. The summed E-state index contributed by atoms with van der Waals surface area (Å²) in [4.78, 5) is 0. The molecule has 21 heavy (non-hydrogen) atoms.